The number of benzene rings is 2. The predicted molar refractivity (Wildman–Crippen MR) is 69.6 cm³/mol. The van der Waals surface area contributed by atoms with Crippen molar-refractivity contribution >= 4 is 5.69 Å². The van der Waals surface area contributed by atoms with Crippen LogP contribution in [-0.2, 0) is 6.54 Å². The molecule has 90 valence electrons. The molecule has 0 radical (unpaired) electrons. The molecular weight excluding hydrogens is 227 g/mol. The van der Waals surface area contributed by atoms with Gasteiger partial charge in [-0.05, 0) is 48.4 Å². The minimum absolute atomic E-state index is 0.253. The Hall–Kier alpha value is -2.34. The zero-order chi connectivity index (χ0) is 13.0. The molecule has 2 nitrogen and oxygen atoms in total. The van der Waals surface area contributed by atoms with E-state index >= 15 is 0 Å². The fraction of sp³-hybridized carbons (Fsp3) is 0.133. The zero-order valence-electron chi connectivity index (χ0n) is 10.1. The van der Waals surface area contributed by atoms with E-state index in [2.05, 4.69) is 11.4 Å². The van der Waals surface area contributed by atoms with Gasteiger partial charge < -0.3 is 5.32 Å². The summed E-state index contributed by atoms with van der Waals surface area (Å²) < 4.78 is 13.0. The molecule has 2 aromatic rings. The van der Waals surface area contributed by atoms with E-state index in [9.17, 15) is 4.39 Å². The molecule has 0 spiro atoms. The van der Waals surface area contributed by atoms with Gasteiger partial charge in [-0.3, -0.25) is 0 Å². The molecule has 0 aliphatic heterocycles. The molecule has 0 unspecified atom stereocenters. The summed E-state index contributed by atoms with van der Waals surface area (Å²) in [5, 5.41) is 11.9. The van der Waals surface area contributed by atoms with Gasteiger partial charge in [0, 0.05) is 12.2 Å². The van der Waals surface area contributed by atoms with Crippen LogP contribution >= 0.6 is 0 Å². The fourth-order valence-electron chi connectivity index (χ4n) is 1.76. The molecule has 0 atom stereocenters. The maximum absolute atomic E-state index is 13.0. The first-order chi connectivity index (χ1) is 8.69. The molecule has 0 fully saturated rings. The highest BCUT2D eigenvalue weighted by Gasteiger charge is 2.00. The molecule has 0 aliphatic rings. The van der Waals surface area contributed by atoms with Crippen LogP contribution < -0.4 is 5.32 Å². The van der Waals surface area contributed by atoms with E-state index < -0.39 is 0 Å². The normalized spacial score (nSPS) is 9.83. The van der Waals surface area contributed by atoms with Crippen LogP contribution in [0.15, 0.2) is 42.5 Å². The zero-order valence-corrected chi connectivity index (χ0v) is 10.1. The van der Waals surface area contributed by atoms with Crippen molar-refractivity contribution in [3.8, 4) is 6.07 Å². The van der Waals surface area contributed by atoms with Crippen LogP contribution in [0.4, 0.5) is 10.1 Å². The molecular formula is C15H13FN2. The lowest BCUT2D eigenvalue weighted by Gasteiger charge is -2.09. The molecule has 0 bridgehead atoms. The third kappa shape index (κ3) is 2.86. The van der Waals surface area contributed by atoms with E-state index in [-0.39, 0.29) is 5.82 Å². The van der Waals surface area contributed by atoms with Gasteiger partial charge in [0.25, 0.3) is 0 Å². The Morgan fingerprint density at radius 3 is 2.72 bits per heavy atom. The van der Waals surface area contributed by atoms with E-state index in [0.29, 0.717) is 12.1 Å². The molecule has 2 rings (SSSR count). The van der Waals surface area contributed by atoms with Crippen LogP contribution in [0.2, 0.25) is 0 Å². The van der Waals surface area contributed by atoms with Gasteiger partial charge in [-0.15, -0.1) is 0 Å². The van der Waals surface area contributed by atoms with Gasteiger partial charge in [-0.2, -0.15) is 5.26 Å². The largest absolute Gasteiger partial charge is 0.381 e. The Bertz CT molecular complexity index is 600. The van der Waals surface area contributed by atoms with Gasteiger partial charge in [0.05, 0.1) is 11.6 Å². The smallest absolute Gasteiger partial charge is 0.125 e. The molecule has 18 heavy (non-hydrogen) atoms. The number of anilines is 1. The number of nitrogens with one attached hydrogen (secondary N) is 1. The molecule has 2 aromatic carbocycles. The van der Waals surface area contributed by atoms with Gasteiger partial charge >= 0.3 is 0 Å². The second-order valence-electron chi connectivity index (χ2n) is 4.12. The Labute approximate surface area is 106 Å². The Morgan fingerprint density at radius 2 is 2.06 bits per heavy atom. The monoisotopic (exact) mass is 240 g/mol. The highest BCUT2D eigenvalue weighted by Crippen LogP contribution is 2.14. The summed E-state index contributed by atoms with van der Waals surface area (Å²) >= 11 is 0. The summed E-state index contributed by atoms with van der Waals surface area (Å²) in [7, 11) is 0. The highest BCUT2D eigenvalue weighted by molar-refractivity contribution is 5.45. The summed E-state index contributed by atoms with van der Waals surface area (Å²) in [5.74, 6) is -0.253. The fourth-order valence-corrected chi connectivity index (χ4v) is 1.76. The second-order valence-corrected chi connectivity index (χ2v) is 4.12. The lowest BCUT2D eigenvalue weighted by molar-refractivity contribution is 0.628. The maximum Gasteiger partial charge on any atom is 0.125 e. The number of halogens is 1. The van der Waals surface area contributed by atoms with Crippen LogP contribution in [0, 0.1) is 24.1 Å². The predicted octanol–water partition coefficient (Wildman–Crippen LogP) is 3.62. The highest BCUT2D eigenvalue weighted by atomic mass is 19.1. The van der Waals surface area contributed by atoms with Crippen LogP contribution in [0.25, 0.3) is 0 Å². The summed E-state index contributed by atoms with van der Waals surface area (Å²) in [4.78, 5) is 0. The number of hydrogen-bond donors (Lipinski definition) is 1. The van der Waals surface area contributed by atoms with Crippen LogP contribution in [0.1, 0.15) is 16.7 Å². The SMILES string of the molecule is Cc1cc(C#N)ccc1CNc1cccc(F)c1. The van der Waals surface area contributed by atoms with Crippen molar-refractivity contribution in [2.45, 2.75) is 13.5 Å². The quantitative estimate of drug-likeness (QED) is 0.889. The first kappa shape index (κ1) is 12.1. The summed E-state index contributed by atoms with van der Waals surface area (Å²) in [6.07, 6.45) is 0. The van der Waals surface area contributed by atoms with Gasteiger partial charge in [-0.25, -0.2) is 4.39 Å². The molecule has 0 aromatic heterocycles. The molecule has 0 aliphatic carbocycles. The average Bonchev–Trinajstić information content (AvgIpc) is 2.37. The van der Waals surface area contributed by atoms with Crippen LogP contribution in [-0.4, -0.2) is 0 Å². The topological polar surface area (TPSA) is 35.8 Å². The van der Waals surface area contributed by atoms with Gasteiger partial charge in [0.2, 0.25) is 0 Å². The lowest BCUT2D eigenvalue weighted by atomic mass is 10.1. The lowest BCUT2D eigenvalue weighted by Crippen LogP contribution is -2.01. The summed E-state index contributed by atoms with van der Waals surface area (Å²) in [6, 6.07) is 14.0. The number of nitriles is 1. The molecule has 0 heterocycles. The minimum Gasteiger partial charge on any atom is -0.381 e. The average molecular weight is 240 g/mol. The summed E-state index contributed by atoms with van der Waals surface area (Å²) in [5.41, 5.74) is 3.55. The van der Waals surface area contributed by atoms with Crippen molar-refractivity contribution in [1.29, 1.82) is 5.26 Å². The van der Waals surface area contributed by atoms with Crippen LogP contribution in [0.5, 0.6) is 0 Å². The van der Waals surface area contributed by atoms with Crippen molar-refractivity contribution in [2.24, 2.45) is 0 Å². The third-order valence-corrected chi connectivity index (χ3v) is 2.78. The van der Waals surface area contributed by atoms with E-state index in [1.807, 2.05) is 25.1 Å². The Balaban J connectivity index is 2.09. The van der Waals surface area contributed by atoms with E-state index in [0.717, 1.165) is 16.8 Å². The molecule has 1 N–H and O–H groups in total. The van der Waals surface area contributed by atoms with Crippen LogP contribution in [0.3, 0.4) is 0 Å². The van der Waals surface area contributed by atoms with Crippen molar-refractivity contribution in [2.75, 3.05) is 5.32 Å². The molecule has 0 saturated carbocycles. The first-order valence-electron chi connectivity index (χ1n) is 5.68. The number of hydrogen-bond acceptors (Lipinski definition) is 2. The number of rotatable bonds is 3. The maximum atomic E-state index is 13.0. The Kier molecular flexibility index (Phi) is 3.59. The van der Waals surface area contributed by atoms with Crippen molar-refractivity contribution in [3.63, 3.8) is 0 Å². The number of nitrogens with zero attached hydrogens (tertiary/aromatic N) is 1. The van der Waals surface area contributed by atoms with E-state index in [1.54, 1.807) is 12.1 Å². The Morgan fingerprint density at radius 1 is 1.22 bits per heavy atom. The van der Waals surface area contributed by atoms with E-state index in [4.69, 9.17) is 5.26 Å². The second kappa shape index (κ2) is 5.33. The third-order valence-electron chi connectivity index (χ3n) is 2.78. The molecule has 3 heteroatoms. The van der Waals surface area contributed by atoms with Gasteiger partial charge in [0.15, 0.2) is 0 Å². The molecule has 0 amide bonds. The summed E-state index contributed by atoms with van der Waals surface area (Å²) in [6.45, 7) is 2.57. The number of aryl methyl sites for hydroxylation is 1. The van der Waals surface area contributed by atoms with Crippen molar-refractivity contribution < 1.29 is 4.39 Å². The van der Waals surface area contributed by atoms with Crippen molar-refractivity contribution in [1.82, 2.24) is 0 Å². The van der Waals surface area contributed by atoms with Crippen molar-refractivity contribution in [3.05, 3.63) is 65.0 Å². The van der Waals surface area contributed by atoms with E-state index in [1.165, 1.54) is 12.1 Å². The minimum atomic E-state index is -0.253. The van der Waals surface area contributed by atoms with Gasteiger partial charge in [-0.1, -0.05) is 12.1 Å². The van der Waals surface area contributed by atoms with Gasteiger partial charge in [0.1, 0.15) is 5.82 Å². The standard InChI is InChI=1S/C15H13FN2/c1-11-7-12(9-17)5-6-13(11)10-18-15-4-2-3-14(16)8-15/h2-8,18H,10H2,1H3. The molecule has 0 saturated heterocycles. The first-order valence-corrected chi connectivity index (χ1v) is 5.68.